The van der Waals surface area contributed by atoms with Gasteiger partial charge >= 0.3 is 0 Å². The van der Waals surface area contributed by atoms with Crippen LogP contribution in [-0.2, 0) is 0 Å². The van der Waals surface area contributed by atoms with E-state index < -0.39 is 0 Å². The first-order chi connectivity index (χ1) is 6.83. The number of piperidine rings is 1. The van der Waals surface area contributed by atoms with Crippen LogP contribution < -0.4 is 0 Å². The Morgan fingerprint density at radius 1 is 1.64 bits per heavy atom. The first-order valence-electron chi connectivity index (χ1n) is 5.17. The van der Waals surface area contributed by atoms with E-state index in [9.17, 15) is 0 Å². The normalized spacial score (nSPS) is 33.1. The largest absolute Gasteiger partial charge is 0.357 e. The minimum Gasteiger partial charge on any atom is -0.357 e. The summed E-state index contributed by atoms with van der Waals surface area (Å²) >= 11 is 0. The first kappa shape index (κ1) is 8.24. The van der Waals surface area contributed by atoms with Crippen LogP contribution in [0.25, 0.3) is 6.08 Å². The van der Waals surface area contributed by atoms with Gasteiger partial charge in [-0.05, 0) is 37.5 Å². The van der Waals surface area contributed by atoms with Gasteiger partial charge in [-0.1, -0.05) is 5.16 Å². The van der Waals surface area contributed by atoms with E-state index in [-0.39, 0.29) is 0 Å². The molecule has 0 aliphatic carbocycles. The van der Waals surface area contributed by atoms with Gasteiger partial charge in [0, 0.05) is 18.7 Å². The monoisotopic (exact) mass is 190 g/mol. The van der Waals surface area contributed by atoms with Crippen molar-refractivity contribution in [3.8, 4) is 0 Å². The fourth-order valence-electron chi connectivity index (χ4n) is 2.44. The third kappa shape index (κ3) is 1.20. The molecule has 14 heavy (non-hydrogen) atoms. The Morgan fingerprint density at radius 3 is 3.14 bits per heavy atom. The van der Waals surface area contributed by atoms with Gasteiger partial charge in [-0.2, -0.15) is 0 Å². The number of hydrogen-bond acceptors (Lipinski definition) is 3. The molecule has 0 saturated carbocycles. The van der Waals surface area contributed by atoms with Crippen LogP contribution in [0.4, 0.5) is 0 Å². The predicted octanol–water partition coefficient (Wildman–Crippen LogP) is 1.70. The van der Waals surface area contributed by atoms with Crippen molar-refractivity contribution in [2.24, 2.45) is 5.92 Å². The van der Waals surface area contributed by atoms with E-state index in [4.69, 9.17) is 4.52 Å². The topological polar surface area (TPSA) is 29.3 Å². The average molecular weight is 190 g/mol. The van der Waals surface area contributed by atoms with Crippen LogP contribution in [0.2, 0.25) is 0 Å². The predicted molar refractivity (Wildman–Crippen MR) is 53.8 cm³/mol. The minimum absolute atomic E-state index is 0.777. The highest BCUT2D eigenvalue weighted by Gasteiger charge is 2.33. The molecular formula is C11H14N2O. The van der Waals surface area contributed by atoms with E-state index in [1.54, 1.807) is 6.20 Å². The molecule has 2 atom stereocenters. The van der Waals surface area contributed by atoms with Crippen LogP contribution in [0, 0.1) is 12.8 Å². The highest BCUT2D eigenvalue weighted by atomic mass is 16.5. The van der Waals surface area contributed by atoms with Crippen molar-refractivity contribution >= 4 is 6.08 Å². The number of nitrogens with zero attached hydrogens (tertiary/aromatic N) is 2. The number of aryl methyl sites for hydroxylation is 1. The number of fused-ring (bicyclic) bond motifs is 2. The molecule has 3 rings (SSSR count). The van der Waals surface area contributed by atoms with Crippen molar-refractivity contribution < 1.29 is 4.52 Å². The average Bonchev–Trinajstić information content (AvgIpc) is 2.83. The Kier molecular flexibility index (Phi) is 1.74. The second-order valence-electron chi connectivity index (χ2n) is 4.31. The number of hydrogen-bond donors (Lipinski definition) is 0. The fraction of sp³-hybridized carbons (Fsp3) is 0.545. The highest BCUT2D eigenvalue weighted by Crippen LogP contribution is 2.33. The maximum Gasteiger partial charge on any atom is 0.162 e. The minimum atomic E-state index is 0.777. The zero-order valence-corrected chi connectivity index (χ0v) is 8.36. The summed E-state index contributed by atoms with van der Waals surface area (Å²) in [6, 6.07) is 0. The van der Waals surface area contributed by atoms with E-state index in [1.165, 1.54) is 25.1 Å². The maximum absolute atomic E-state index is 5.19. The van der Waals surface area contributed by atoms with Crippen molar-refractivity contribution in [1.82, 2.24) is 10.1 Å². The third-order valence-corrected chi connectivity index (χ3v) is 3.31. The summed E-state index contributed by atoms with van der Waals surface area (Å²) in [5.74, 6) is 1.72. The maximum atomic E-state index is 5.19. The van der Waals surface area contributed by atoms with Gasteiger partial charge in [0.05, 0.1) is 6.20 Å². The molecule has 1 aromatic rings. The Hall–Kier alpha value is -1.09. The fourth-order valence-corrected chi connectivity index (χ4v) is 2.44. The highest BCUT2D eigenvalue weighted by molar-refractivity contribution is 5.52. The van der Waals surface area contributed by atoms with Crippen LogP contribution in [0.5, 0.6) is 0 Å². The Morgan fingerprint density at radius 2 is 2.57 bits per heavy atom. The van der Waals surface area contributed by atoms with E-state index in [2.05, 4.69) is 16.1 Å². The molecule has 0 radical (unpaired) electrons. The zero-order valence-electron chi connectivity index (χ0n) is 8.36. The van der Waals surface area contributed by atoms with Crippen molar-refractivity contribution in [3.63, 3.8) is 0 Å². The summed E-state index contributed by atoms with van der Waals surface area (Å²) in [7, 11) is 0. The van der Waals surface area contributed by atoms with E-state index in [0.29, 0.717) is 0 Å². The van der Waals surface area contributed by atoms with Gasteiger partial charge in [0.2, 0.25) is 0 Å². The molecule has 1 aromatic heterocycles. The molecule has 0 spiro atoms. The molecule has 2 aliphatic rings. The lowest BCUT2D eigenvalue weighted by atomic mass is 9.98. The lowest BCUT2D eigenvalue weighted by molar-refractivity contribution is 0.391. The number of aromatic nitrogens is 1. The molecule has 3 nitrogen and oxygen atoms in total. The second kappa shape index (κ2) is 2.95. The van der Waals surface area contributed by atoms with E-state index in [1.807, 2.05) is 6.92 Å². The van der Waals surface area contributed by atoms with Crippen LogP contribution in [-0.4, -0.2) is 29.7 Å². The Balaban J connectivity index is 1.89. The Bertz CT molecular complexity index is 380. The van der Waals surface area contributed by atoms with E-state index >= 15 is 0 Å². The van der Waals surface area contributed by atoms with Crippen molar-refractivity contribution in [2.75, 3.05) is 19.6 Å². The quantitative estimate of drug-likeness (QED) is 0.675. The lowest BCUT2D eigenvalue weighted by Crippen LogP contribution is -2.17. The summed E-state index contributed by atoms with van der Waals surface area (Å²) in [6.07, 6.45) is 5.28. The van der Waals surface area contributed by atoms with Gasteiger partial charge in [0.1, 0.15) is 0 Å². The summed E-state index contributed by atoms with van der Waals surface area (Å²) < 4.78 is 5.19. The molecule has 3 heteroatoms. The zero-order chi connectivity index (χ0) is 9.54. The summed E-state index contributed by atoms with van der Waals surface area (Å²) in [5.41, 5.74) is 2.66. The van der Waals surface area contributed by atoms with Crippen LogP contribution in [0.1, 0.15) is 17.7 Å². The second-order valence-corrected chi connectivity index (χ2v) is 4.31. The summed E-state index contributed by atoms with van der Waals surface area (Å²) in [4.78, 5) is 2.50. The SMILES string of the molecule is Cc1cnoc1/C=C1\CN2CCC1C2. The molecular weight excluding hydrogens is 176 g/mol. The molecule has 2 saturated heterocycles. The van der Waals surface area contributed by atoms with Crippen LogP contribution in [0.3, 0.4) is 0 Å². The molecule has 2 aliphatic heterocycles. The van der Waals surface area contributed by atoms with Crippen molar-refractivity contribution in [1.29, 1.82) is 0 Å². The molecule has 2 unspecified atom stereocenters. The molecule has 0 amide bonds. The van der Waals surface area contributed by atoms with Crippen LogP contribution >= 0.6 is 0 Å². The molecule has 0 aromatic carbocycles. The van der Waals surface area contributed by atoms with E-state index in [0.717, 1.165) is 23.8 Å². The van der Waals surface area contributed by atoms with Gasteiger partial charge in [0.25, 0.3) is 0 Å². The van der Waals surface area contributed by atoms with Gasteiger partial charge in [0.15, 0.2) is 5.76 Å². The summed E-state index contributed by atoms with van der Waals surface area (Å²) in [6.45, 7) is 5.69. The molecule has 2 fully saturated rings. The standard InChI is InChI=1S/C11H14N2O/c1-8-5-12-14-11(8)4-10-7-13-3-2-9(10)6-13/h4-5,9H,2-3,6-7H2,1H3/b10-4+. The lowest BCUT2D eigenvalue weighted by Gasteiger charge is -2.13. The van der Waals surface area contributed by atoms with Crippen molar-refractivity contribution in [3.05, 3.63) is 23.1 Å². The van der Waals surface area contributed by atoms with Gasteiger partial charge < -0.3 is 4.52 Å². The molecule has 2 bridgehead atoms. The van der Waals surface area contributed by atoms with Gasteiger partial charge in [-0.15, -0.1) is 0 Å². The molecule has 0 N–H and O–H groups in total. The van der Waals surface area contributed by atoms with Crippen molar-refractivity contribution in [2.45, 2.75) is 13.3 Å². The molecule has 3 heterocycles. The Labute approximate surface area is 83.4 Å². The summed E-state index contributed by atoms with van der Waals surface area (Å²) in [5, 5.41) is 3.79. The molecule has 74 valence electrons. The third-order valence-electron chi connectivity index (χ3n) is 3.31. The van der Waals surface area contributed by atoms with Crippen LogP contribution in [0.15, 0.2) is 16.3 Å². The van der Waals surface area contributed by atoms with Gasteiger partial charge in [-0.3, -0.25) is 4.90 Å². The van der Waals surface area contributed by atoms with Gasteiger partial charge in [-0.25, -0.2) is 0 Å². The number of rotatable bonds is 1. The smallest absolute Gasteiger partial charge is 0.162 e. The first-order valence-corrected chi connectivity index (χ1v) is 5.17.